The Morgan fingerprint density at radius 2 is 2.00 bits per heavy atom. The summed E-state index contributed by atoms with van der Waals surface area (Å²) in [6, 6.07) is 7.56. The summed E-state index contributed by atoms with van der Waals surface area (Å²) in [5, 5.41) is 0.691. The summed E-state index contributed by atoms with van der Waals surface area (Å²) in [7, 11) is 1.76. The van der Waals surface area contributed by atoms with E-state index in [1.807, 2.05) is 37.4 Å². The Bertz CT molecular complexity index is 569. The van der Waals surface area contributed by atoms with E-state index in [0.29, 0.717) is 11.6 Å². The maximum Gasteiger partial charge on any atom is 0.328 e. The predicted molar refractivity (Wildman–Crippen MR) is 65.0 cm³/mol. The molecule has 1 aromatic carbocycles. The average Bonchev–Trinajstić information content (AvgIpc) is 2.50. The largest absolute Gasteiger partial charge is 0.328 e. The molecule has 0 amide bonds. The van der Waals surface area contributed by atoms with Crippen molar-refractivity contribution < 1.29 is 0 Å². The van der Waals surface area contributed by atoms with Crippen LogP contribution in [0.5, 0.6) is 0 Å². The number of aromatic nitrogens is 2. The fourth-order valence-electron chi connectivity index (χ4n) is 1.63. The molecule has 0 bridgehead atoms. The minimum Gasteiger partial charge on any atom is -0.300 e. The second-order valence-corrected chi connectivity index (χ2v) is 4.24. The van der Waals surface area contributed by atoms with E-state index in [9.17, 15) is 4.79 Å². The molecule has 2 aromatic rings. The van der Waals surface area contributed by atoms with E-state index < -0.39 is 0 Å². The Morgan fingerprint density at radius 1 is 1.31 bits per heavy atom. The van der Waals surface area contributed by atoms with Crippen molar-refractivity contribution in [3.63, 3.8) is 0 Å². The number of rotatable bonds is 2. The van der Waals surface area contributed by atoms with E-state index in [4.69, 9.17) is 11.6 Å². The van der Waals surface area contributed by atoms with Crippen molar-refractivity contribution in [2.75, 3.05) is 0 Å². The summed E-state index contributed by atoms with van der Waals surface area (Å²) in [5.41, 5.74) is 1.88. The fraction of sp³-hybridized carbons (Fsp3) is 0.250. The molecule has 3 nitrogen and oxygen atoms in total. The van der Waals surface area contributed by atoms with Gasteiger partial charge in [0.05, 0.1) is 6.54 Å². The number of imidazole rings is 1. The molecule has 0 atom stereocenters. The van der Waals surface area contributed by atoms with E-state index in [2.05, 4.69) is 0 Å². The molecule has 0 spiro atoms. The Morgan fingerprint density at radius 3 is 2.56 bits per heavy atom. The molecule has 0 aliphatic heterocycles. The zero-order valence-corrected chi connectivity index (χ0v) is 10.0. The summed E-state index contributed by atoms with van der Waals surface area (Å²) in [6.45, 7) is 2.42. The van der Waals surface area contributed by atoms with Gasteiger partial charge < -0.3 is 0 Å². The minimum atomic E-state index is -0.0163. The highest BCUT2D eigenvalue weighted by molar-refractivity contribution is 6.31. The van der Waals surface area contributed by atoms with Crippen molar-refractivity contribution in [2.24, 2.45) is 7.05 Å². The summed E-state index contributed by atoms with van der Waals surface area (Å²) in [5.74, 6) is 0. The minimum absolute atomic E-state index is 0.0163. The van der Waals surface area contributed by atoms with Crippen LogP contribution in [0, 0.1) is 6.92 Å². The molecule has 0 N–H and O–H groups in total. The first kappa shape index (κ1) is 11.0. The molecule has 4 heteroatoms. The van der Waals surface area contributed by atoms with Gasteiger partial charge in [-0.3, -0.25) is 9.13 Å². The zero-order valence-electron chi connectivity index (χ0n) is 9.27. The van der Waals surface area contributed by atoms with E-state index in [1.54, 1.807) is 16.2 Å². The molecular weight excluding hydrogens is 224 g/mol. The second-order valence-electron chi connectivity index (χ2n) is 3.83. The number of halogens is 1. The number of benzene rings is 1. The Hall–Kier alpha value is -1.48. The van der Waals surface area contributed by atoms with Crippen molar-refractivity contribution >= 4 is 11.6 Å². The van der Waals surface area contributed by atoms with Crippen LogP contribution >= 0.6 is 11.6 Å². The van der Waals surface area contributed by atoms with Crippen LogP contribution < -0.4 is 5.69 Å². The van der Waals surface area contributed by atoms with Gasteiger partial charge in [-0.1, -0.05) is 29.8 Å². The van der Waals surface area contributed by atoms with Crippen LogP contribution in [0.4, 0.5) is 0 Å². The molecule has 0 unspecified atom stereocenters. The van der Waals surface area contributed by atoms with Crippen LogP contribution in [0.3, 0.4) is 0 Å². The molecule has 0 saturated heterocycles. The summed E-state index contributed by atoms with van der Waals surface area (Å²) in [4.78, 5) is 11.8. The molecule has 84 valence electrons. The summed E-state index contributed by atoms with van der Waals surface area (Å²) < 4.78 is 3.29. The third-order valence-electron chi connectivity index (χ3n) is 2.70. The quantitative estimate of drug-likeness (QED) is 0.785. The van der Waals surface area contributed by atoms with Gasteiger partial charge in [0.25, 0.3) is 0 Å². The van der Waals surface area contributed by atoms with Crippen molar-refractivity contribution in [2.45, 2.75) is 13.5 Å². The van der Waals surface area contributed by atoms with Crippen LogP contribution in [-0.4, -0.2) is 9.13 Å². The van der Waals surface area contributed by atoms with Gasteiger partial charge in [0.2, 0.25) is 0 Å². The second kappa shape index (κ2) is 4.18. The normalized spacial score (nSPS) is 10.7. The predicted octanol–water partition coefficient (Wildman–Crippen LogP) is 2.20. The van der Waals surface area contributed by atoms with Crippen LogP contribution in [0.2, 0.25) is 5.02 Å². The Labute approximate surface area is 98.9 Å². The molecule has 1 aromatic heterocycles. The first-order valence-electron chi connectivity index (χ1n) is 5.06. The van der Waals surface area contributed by atoms with Crippen LogP contribution in [0.15, 0.2) is 35.3 Å². The number of hydrogen-bond donors (Lipinski definition) is 0. The lowest BCUT2D eigenvalue weighted by atomic mass is 10.2. The first-order valence-corrected chi connectivity index (χ1v) is 5.43. The molecule has 0 radical (unpaired) electrons. The monoisotopic (exact) mass is 236 g/mol. The van der Waals surface area contributed by atoms with E-state index in [1.165, 1.54) is 0 Å². The van der Waals surface area contributed by atoms with Gasteiger partial charge in [-0.25, -0.2) is 4.79 Å². The van der Waals surface area contributed by atoms with Crippen molar-refractivity contribution in [3.05, 3.63) is 57.2 Å². The average molecular weight is 237 g/mol. The van der Waals surface area contributed by atoms with Crippen LogP contribution in [-0.2, 0) is 13.6 Å². The van der Waals surface area contributed by atoms with Gasteiger partial charge in [0, 0.05) is 24.0 Å². The molecule has 0 aliphatic rings. The SMILES string of the molecule is Cc1cn(Cc2ccccc2Cl)c(=O)n1C. The topological polar surface area (TPSA) is 26.9 Å². The van der Waals surface area contributed by atoms with E-state index >= 15 is 0 Å². The fourth-order valence-corrected chi connectivity index (χ4v) is 1.83. The lowest BCUT2D eigenvalue weighted by molar-refractivity contribution is 0.714. The molecule has 1 heterocycles. The van der Waals surface area contributed by atoms with Gasteiger partial charge in [0.15, 0.2) is 0 Å². The number of aryl methyl sites for hydroxylation is 1. The van der Waals surface area contributed by atoms with E-state index in [-0.39, 0.29) is 5.69 Å². The highest BCUT2D eigenvalue weighted by Gasteiger charge is 2.06. The molecule has 16 heavy (non-hydrogen) atoms. The summed E-state index contributed by atoms with van der Waals surface area (Å²) >= 11 is 6.05. The van der Waals surface area contributed by atoms with Gasteiger partial charge in [0.1, 0.15) is 0 Å². The molecule has 0 saturated carbocycles. The first-order chi connectivity index (χ1) is 7.59. The van der Waals surface area contributed by atoms with Crippen molar-refractivity contribution in [3.8, 4) is 0 Å². The Kier molecular flexibility index (Phi) is 2.88. The van der Waals surface area contributed by atoms with Crippen molar-refractivity contribution in [1.29, 1.82) is 0 Å². The highest BCUT2D eigenvalue weighted by Crippen LogP contribution is 2.15. The van der Waals surface area contributed by atoms with Gasteiger partial charge >= 0.3 is 5.69 Å². The van der Waals surface area contributed by atoms with Gasteiger partial charge in [-0.15, -0.1) is 0 Å². The third-order valence-corrected chi connectivity index (χ3v) is 3.07. The molecule has 0 aliphatic carbocycles. The zero-order chi connectivity index (χ0) is 11.7. The lowest BCUT2D eigenvalue weighted by Gasteiger charge is -2.03. The summed E-state index contributed by atoms with van der Waals surface area (Å²) in [6.07, 6.45) is 1.84. The third kappa shape index (κ3) is 1.91. The molecule has 2 rings (SSSR count). The Balaban J connectivity index is 2.38. The number of hydrogen-bond acceptors (Lipinski definition) is 1. The van der Waals surface area contributed by atoms with Gasteiger partial charge in [-0.05, 0) is 18.6 Å². The van der Waals surface area contributed by atoms with Crippen molar-refractivity contribution in [1.82, 2.24) is 9.13 Å². The maximum absolute atomic E-state index is 11.8. The molecule has 0 fully saturated rings. The molecular formula is C12H13ClN2O. The standard InChI is InChI=1S/C12H13ClN2O/c1-9-7-15(12(16)14(9)2)8-10-5-3-4-6-11(10)13/h3-7H,8H2,1-2H3. The smallest absolute Gasteiger partial charge is 0.300 e. The maximum atomic E-state index is 11.8. The van der Waals surface area contributed by atoms with Gasteiger partial charge in [-0.2, -0.15) is 0 Å². The van der Waals surface area contributed by atoms with E-state index in [0.717, 1.165) is 11.3 Å². The van der Waals surface area contributed by atoms with Crippen LogP contribution in [0.25, 0.3) is 0 Å². The van der Waals surface area contributed by atoms with Crippen LogP contribution in [0.1, 0.15) is 11.3 Å². The number of nitrogens with zero attached hydrogens (tertiary/aromatic N) is 2. The lowest BCUT2D eigenvalue weighted by Crippen LogP contribution is -2.22. The highest BCUT2D eigenvalue weighted by atomic mass is 35.5.